The molecule has 0 saturated carbocycles. The molecule has 0 bridgehead atoms. The standard InChI is InChI=1S/C40H22N4OS/c1-2-10-26-23(8-1)17-18-24-9-5-13-30(35(24)26)38-42-37(25-19-20-34-32(22-25)27-11-3-4-16-33(27)46-34)43-39(44-38)31-14-6-12-28-29-15-7-21-41-40(29)45-36(28)31/h1-22H. The number of thiophene rings is 1. The molecular weight excluding hydrogens is 585 g/mol. The summed E-state index contributed by atoms with van der Waals surface area (Å²) in [5.74, 6) is 1.78. The molecular formula is C40H22N4OS. The van der Waals surface area contributed by atoms with Gasteiger partial charge < -0.3 is 4.42 Å². The molecule has 0 aliphatic rings. The smallest absolute Gasteiger partial charge is 0.227 e. The van der Waals surface area contributed by atoms with Crippen molar-refractivity contribution in [3.8, 4) is 34.2 Å². The Bertz CT molecular complexity index is 2830. The molecule has 0 N–H and O–H groups in total. The molecule has 0 aliphatic heterocycles. The maximum absolute atomic E-state index is 6.34. The minimum Gasteiger partial charge on any atom is -0.437 e. The molecule has 0 aliphatic carbocycles. The maximum atomic E-state index is 6.34. The summed E-state index contributed by atoms with van der Waals surface area (Å²) in [7, 11) is 0. The highest BCUT2D eigenvalue weighted by molar-refractivity contribution is 7.25. The van der Waals surface area contributed by atoms with Crippen LogP contribution in [0.3, 0.4) is 0 Å². The van der Waals surface area contributed by atoms with Gasteiger partial charge in [0.1, 0.15) is 5.58 Å². The van der Waals surface area contributed by atoms with E-state index in [1.54, 1.807) is 17.5 Å². The second-order valence-corrected chi connectivity index (χ2v) is 12.5. The molecule has 6 heteroatoms. The molecule has 4 aromatic heterocycles. The van der Waals surface area contributed by atoms with Crippen molar-refractivity contribution in [1.82, 2.24) is 19.9 Å². The number of hydrogen-bond donors (Lipinski definition) is 0. The zero-order valence-corrected chi connectivity index (χ0v) is 25.1. The largest absolute Gasteiger partial charge is 0.437 e. The molecule has 6 aromatic carbocycles. The van der Waals surface area contributed by atoms with Crippen molar-refractivity contribution in [2.24, 2.45) is 0 Å². The fraction of sp³-hybridized carbons (Fsp3) is 0. The number of rotatable bonds is 3. The minimum atomic E-state index is 0.553. The number of pyridine rings is 1. The van der Waals surface area contributed by atoms with Crippen molar-refractivity contribution in [2.75, 3.05) is 0 Å². The Labute approximate surface area is 266 Å². The van der Waals surface area contributed by atoms with E-state index in [1.165, 1.54) is 25.6 Å². The first-order valence-electron chi connectivity index (χ1n) is 15.1. The van der Waals surface area contributed by atoms with Crippen LogP contribution in [-0.2, 0) is 0 Å². The van der Waals surface area contributed by atoms with Gasteiger partial charge in [0.05, 0.1) is 5.56 Å². The van der Waals surface area contributed by atoms with Crippen molar-refractivity contribution in [1.29, 1.82) is 0 Å². The highest BCUT2D eigenvalue weighted by Crippen LogP contribution is 2.39. The molecule has 0 radical (unpaired) electrons. The van der Waals surface area contributed by atoms with Crippen LogP contribution in [0.25, 0.3) is 97.9 Å². The maximum Gasteiger partial charge on any atom is 0.227 e. The lowest BCUT2D eigenvalue weighted by Gasteiger charge is -2.12. The van der Waals surface area contributed by atoms with Gasteiger partial charge in [0.2, 0.25) is 5.71 Å². The highest BCUT2D eigenvalue weighted by atomic mass is 32.1. The van der Waals surface area contributed by atoms with E-state index in [9.17, 15) is 0 Å². The molecule has 4 heterocycles. The fourth-order valence-electron chi connectivity index (χ4n) is 6.67. The Morgan fingerprint density at radius 1 is 0.478 bits per heavy atom. The average Bonchev–Trinajstić information content (AvgIpc) is 3.69. The summed E-state index contributed by atoms with van der Waals surface area (Å²) in [5, 5.41) is 8.96. The molecule has 5 nitrogen and oxygen atoms in total. The summed E-state index contributed by atoms with van der Waals surface area (Å²) in [6.07, 6.45) is 1.75. The van der Waals surface area contributed by atoms with E-state index in [4.69, 9.17) is 19.4 Å². The van der Waals surface area contributed by atoms with Crippen LogP contribution in [0.15, 0.2) is 138 Å². The minimum absolute atomic E-state index is 0.553. The molecule has 0 amide bonds. The number of benzene rings is 6. The third-order valence-electron chi connectivity index (χ3n) is 8.80. The van der Waals surface area contributed by atoms with Crippen LogP contribution in [-0.4, -0.2) is 19.9 Å². The van der Waals surface area contributed by atoms with Gasteiger partial charge in [0.25, 0.3) is 0 Å². The molecule has 0 saturated heterocycles. The van der Waals surface area contributed by atoms with Crippen LogP contribution in [0.4, 0.5) is 0 Å². The lowest BCUT2D eigenvalue weighted by Crippen LogP contribution is -2.01. The van der Waals surface area contributed by atoms with Crippen LogP contribution in [0.2, 0.25) is 0 Å². The summed E-state index contributed by atoms with van der Waals surface area (Å²) in [6.45, 7) is 0. The highest BCUT2D eigenvalue weighted by Gasteiger charge is 2.20. The third kappa shape index (κ3) is 3.81. The van der Waals surface area contributed by atoms with Crippen molar-refractivity contribution >= 4 is 75.1 Å². The van der Waals surface area contributed by atoms with E-state index in [2.05, 4.69) is 108 Å². The second-order valence-electron chi connectivity index (χ2n) is 11.4. The fourth-order valence-corrected chi connectivity index (χ4v) is 7.75. The first-order chi connectivity index (χ1) is 22.8. The van der Waals surface area contributed by atoms with Gasteiger partial charge in [-0.05, 0) is 58.6 Å². The predicted octanol–water partition coefficient (Wildman–Crippen LogP) is 10.8. The zero-order valence-electron chi connectivity index (χ0n) is 24.3. The predicted molar refractivity (Wildman–Crippen MR) is 189 cm³/mol. The van der Waals surface area contributed by atoms with Crippen molar-refractivity contribution in [2.45, 2.75) is 0 Å². The zero-order chi connectivity index (χ0) is 30.2. The first kappa shape index (κ1) is 25.4. The normalized spacial score (nSPS) is 11.9. The summed E-state index contributed by atoms with van der Waals surface area (Å²) in [6, 6.07) is 44.2. The van der Waals surface area contributed by atoms with Gasteiger partial charge in [-0.3, -0.25) is 0 Å². The number of fused-ring (bicyclic) bond motifs is 9. The lowest BCUT2D eigenvalue weighted by atomic mass is 9.97. The Balaban J connectivity index is 1.28. The molecule has 214 valence electrons. The van der Waals surface area contributed by atoms with Gasteiger partial charge in [-0.2, -0.15) is 0 Å². The number of furan rings is 1. The number of nitrogens with zero attached hydrogens (tertiary/aromatic N) is 4. The van der Waals surface area contributed by atoms with Crippen molar-refractivity contribution < 1.29 is 4.42 Å². The Hall–Kier alpha value is -5.98. The van der Waals surface area contributed by atoms with E-state index in [0.717, 1.165) is 43.6 Å². The summed E-state index contributed by atoms with van der Waals surface area (Å²) < 4.78 is 8.84. The topological polar surface area (TPSA) is 64.7 Å². The Morgan fingerprint density at radius 3 is 2.13 bits per heavy atom. The van der Waals surface area contributed by atoms with Crippen LogP contribution < -0.4 is 0 Å². The number of aromatic nitrogens is 4. The van der Waals surface area contributed by atoms with Gasteiger partial charge in [-0.1, -0.05) is 84.9 Å². The third-order valence-corrected chi connectivity index (χ3v) is 9.95. The van der Waals surface area contributed by atoms with Gasteiger partial charge >= 0.3 is 0 Å². The summed E-state index contributed by atoms with van der Waals surface area (Å²) in [4.78, 5) is 20.0. The Morgan fingerprint density at radius 2 is 1.17 bits per heavy atom. The van der Waals surface area contributed by atoms with Gasteiger partial charge in [-0.25, -0.2) is 19.9 Å². The van der Waals surface area contributed by atoms with Crippen LogP contribution in [0, 0.1) is 0 Å². The molecule has 46 heavy (non-hydrogen) atoms. The van der Waals surface area contributed by atoms with Gasteiger partial charge in [0, 0.05) is 53.7 Å². The van der Waals surface area contributed by atoms with E-state index in [0.29, 0.717) is 28.8 Å². The monoisotopic (exact) mass is 606 g/mol. The summed E-state index contributed by atoms with van der Waals surface area (Å²) >= 11 is 1.80. The van der Waals surface area contributed by atoms with Gasteiger partial charge in [0.15, 0.2) is 17.5 Å². The van der Waals surface area contributed by atoms with E-state index in [-0.39, 0.29) is 0 Å². The van der Waals surface area contributed by atoms with E-state index in [1.807, 2.05) is 24.3 Å². The second kappa shape index (κ2) is 9.76. The van der Waals surface area contributed by atoms with E-state index >= 15 is 0 Å². The lowest BCUT2D eigenvalue weighted by molar-refractivity contribution is 0.654. The number of para-hydroxylation sites is 1. The van der Waals surface area contributed by atoms with Crippen molar-refractivity contribution in [3.05, 3.63) is 134 Å². The average molecular weight is 607 g/mol. The first-order valence-corrected chi connectivity index (χ1v) is 16.0. The van der Waals surface area contributed by atoms with E-state index < -0.39 is 0 Å². The molecule has 10 rings (SSSR count). The van der Waals surface area contributed by atoms with Crippen LogP contribution >= 0.6 is 11.3 Å². The molecule has 0 unspecified atom stereocenters. The Kier molecular flexibility index (Phi) is 5.38. The van der Waals surface area contributed by atoms with Crippen LogP contribution in [0.1, 0.15) is 0 Å². The molecule has 0 spiro atoms. The summed E-state index contributed by atoms with van der Waals surface area (Å²) in [5.41, 5.74) is 3.99. The molecule has 0 atom stereocenters. The van der Waals surface area contributed by atoms with Crippen LogP contribution in [0.5, 0.6) is 0 Å². The number of hydrogen-bond acceptors (Lipinski definition) is 6. The quantitative estimate of drug-likeness (QED) is 0.187. The van der Waals surface area contributed by atoms with Gasteiger partial charge in [-0.15, -0.1) is 11.3 Å². The van der Waals surface area contributed by atoms with Crippen molar-refractivity contribution in [3.63, 3.8) is 0 Å². The molecule has 10 aromatic rings. The molecule has 0 fully saturated rings. The SMILES string of the molecule is c1ccc2c(c1)ccc1cccc(-c3nc(-c4ccc5sc6ccccc6c5c4)nc(-c4cccc5c4oc4ncccc45)n3)c12.